The third-order valence-electron chi connectivity index (χ3n) is 1.80. The van der Waals surface area contributed by atoms with Gasteiger partial charge in [0.25, 0.3) is 0 Å². The summed E-state index contributed by atoms with van der Waals surface area (Å²) in [7, 11) is 0. The van der Waals surface area contributed by atoms with Crippen LogP contribution in [0.5, 0.6) is 0 Å². The van der Waals surface area contributed by atoms with Crippen LogP contribution < -0.4 is 5.32 Å². The van der Waals surface area contributed by atoms with Crippen LogP contribution in [-0.4, -0.2) is 9.97 Å². The fourth-order valence-corrected chi connectivity index (χ4v) is 1.31. The van der Waals surface area contributed by atoms with Gasteiger partial charge < -0.3 is 14.7 Å². The minimum absolute atomic E-state index is 0.420. The smallest absolute Gasteiger partial charge is 0.193 e. The second-order valence-corrected chi connectivity index (χ2v) is 3.26. The molecular weight excluding hydrogens is 202 g/mol. The number of imidazole rings is 1. The van der Waals surface area contributed by atoms with Crippen LogP contribution in [0.3, 0.4) is 0 Å². The molecule has 5 heteroatoms. The van der Waals surface area contributed by atoms with Gasteiger partial charge in [-0.2, -0.15) is 0 Å². The summed E-state index contributed by atoms with van der Waals surface area (Å²) >= 11 is 5.63. The van der Waals surface area contributed by atoms with Crippen LogP contribution in [-0.2, 0) is 13.1 Å². The van der Waals surface area contributed by atoms with Crippen LogP contribution in [0.2, 0.25) is 5.22 Å². The molecule has 0 aliphatic heterocycles. The zero-order valence-electron chi connectivity index (χ0n) is 7.46. The van der Waals surface area contributed by atoms with Gasteiger partial charge in [-0.15, -0.1) is 0 Å². The molecule has 2 aromatic rings. The molecule has 74 valence electrons. The molecule has 0 aromatic carbocycles. The van der Waals surface area contributed by atoms with Crippen LogP contribution in [0.1, 0.15) is 11.5 Å². The largest absolute Gasteiger partial charge is 0.448 e. The van der Waals surface area contributed by atoms with E-state index in [0.29, 0.717) is 11.8 Å². The molecule has 0 spiro atoms. The summed E-state index contributed by atoms with van der Waals surface area (Å²) in [6.07, 6.45) is 3.43. The molecule has 4 nitrogen and oxygen atoms in total. The molecule has 2 heterocycles. The summed E-state index contributed by atoms with van der Waals surface area (Å²) in [5.74, 6) is 0.828. The van der Waals surface area contributed by atoms with Gasteiger partial charge in [0.2, 0.25) is 0 Å². The Hall–Kier alpha value is -1.26. The molecule has 2 rings (SSSR count). The highest BCUT2D eigenvalue weighted by molar-refractivity contribution is 6.28. The van der Waals surface area contributed by atoms with Gasteiger partial charge in [0, 0.05) is 18.4 Å². The van der Waals surface area contributed by atoms with Gasteiger partial charge in [-0.05, 0) is 23.7 Å². The van der Waals surface area contributed by atoms with Crippen LogP contribution in [0, 0.1) is 0 Å². The van der Waals surface area contributed by atoms with E-state index in [1.165, 1.54) is 0 Å². The summed E-state index contributed by atoms with van der Waals surface area (Å²) in [4.78, 5) is 6.91. The SMILES string of the molecule is Clc1ccc(CNCc2cnc[nH]2)o1. The Kier molecular flexibility index (Phi) is 2.86. The summed E-state index contributed by atoms with van der Waals surface area (Å²) in [6.45, 7) is 1.39. The standard InChI is InChI=1S/C9H10ClN3O/c10-9-2-1-8(14-9)5-11-3-7-4-12-6-13-7/h1-2,4,6,11H,3,5H2,(H,12,13). The van der Waals surface area contributed by atoms with Crippen LogP contribution >= 0.6 is 11.6 Å². The van der Waals surface area contributed by atoms with Crippen molar-refractivity contribution in [1.82, 2.24) is 15.3 Å². The highest BCUT2D eigenvalue weighted by atomic mass is 35.5. The number of nitrogens with zero attached hydrogens (tertiary/aromatic N) is 1. The second kappa shape index (κ2) is 4.30. The average molecular weight is 212 g/mol. The van der Waals surface area contributed by atoms with Crippen molar-refractivity contribution in [2.75, 3.05) is 0 Å². The number of aromatic amines is 1. The number of nitrogens with one attached hydrogen (secondary N) is 2. The lowest BCUT2D eigenvalue weighted by atomic mass is 10.4. The van der Waals surface area contributed by atoms with Gasteiger partial charge in [0.05, 0.1) is 12.9 Å². The van der Waals surface area contributed by atoms with Crippen molar-refractivity contribution in [3.8, 4) is 0 Å². The zero-order chi connectivity index (χ0) is 9.80. The summed E-state index contributed by atoms with van der Waals surface area (Å²) in [5, 5.41) is 3.61. The Morgan fingerprint density at radius 3 is 3.00 bits per heavy atom. The highest BCUT2D eigenvalue weighted by Crippen LogP contribution is 2.12. The molecule has 0 saturated carbocycles. The molecule has 2 N–H and O–H groups in total. The molecule has 14 heavy (non-hydrogen) atoms. The van der Waals surface area contributed by atoms with Gasteiger partial charge in [0.15, 0.2) is 5.22 Å². The normalized spacial score (nSPS) is 10.6. The van der Waals surface area contributed by atoms with E-state index in [9.17, 15) is 0 Å². The summed E-state index contributed by atoms with van der Waals surface area (Å²) in [6, 6.07) is 3.58. The van der Waals surface area contributed by atoms with Crippen LogP contribution in [0.4, 0.5) is 0 Å². The Bertz CT molecular complexity index is 382. The first kappa shape index (κ1) is 9.30. The van der Waals surface area contributed by atoms with Crippen LogP contribution in [0.25, 0.3) is 0 Å². The van der Waals surface area contributed by atoms with Crippen molar-refractivity contribution in [3.05, 3.63) is 41.3 Å². The van der Waals surface area contributed by atoms with E-state index in [4.69, 9.17) is 16.0 Å². The molecular formula is C9H10ClN3O. The summed E-state index contributed by atoms with van der Waals surface area (Å²) < 4.78 is 5.18. The lowest BCUT2D eigenvalue weighted by Gasteiger charge is -1.99. The van der Waals surface area contributed by atoms with E-state index >= 15 is 0 Å². The average Bonchev–Trinajstić information content (AvgIpc) is 2.77. The van der Waals surface area contributed by atoms with Gasteiger partial charge in [-0.3, -0.25) is 0 Å². The van der Waals surface area contributed by atoms with E-state index < -0.39 is 0 Å². The van der Waals surface area contributed by atoms with Gasteiger partial charge in [0.1, 0.15) is 5.76 Å². The third kappa shape index (κ3) is 2.37. The molecule has 0 bridgehead atoms. The minimum Gasteiger partial charge on any atom is -0.448 e. The van der Waals surface area contributed by atoms with Crippen molar-refractivity contribution in [3.63, 3.8) is 0 Å². The molecule has 0 fully saturated rings. The second-order valence-electron chi connectivity index (χ2n) is 2.89. The van der Waals surface area contributed by atoms with Crippen molar-refractivity contribution < 1.29 is 4.42 Å². The van der Waals surface area contributed by atoms with E-state index in [1.807, 2.05) is 6.07 Å². The van der Waals surface area contributed by atoms with E-state index in [0.717, 1.165) is 18.0 Å². The molecule has 0 saturated heterocycles. The van der Waals surface area contributed by atoms with Crippen molar-refractivity contribution in [1.29, 1.82) is 0 Å². The molecule has 2 aromatic heterocycles. The Labute approximate surface area is 86.3 Å². The van der Waals surface area contributed by atoms with E-state index in [-0.39, 0.29) is 0 Å². The Morgan fingerprint density at radius 1 is 1.43 bits per heavy atom. The van der Waals surface area contributed by atoms with E-state index in [1.54, 1.807) is 18.6 Å². The maximum Gasteiger partial charge on any atom is 0.193 e. The third-order valence-corrected chi connectivity index (χ3v) is 2.00. The number of hydrogen-bond acceptors (Lipinski definition) is 3. The fraction of sp³-hybridized carbons (Fsp3) is 0.222. The predicted octanol–water partition coefficient (Wildman–Crippen LogP) is 1.95. The van der Waals surface area contributed by atoms with Crippen LogP contribution in [0.15, 0.2) is 29.1 Å². The first-order valence-electron chi connectivity index (χ1n) is 4.27. The van der Waals surface area contributed by atoms with Crippen molar-refractivity contribution >= 4 is 11.6 Å². The highest BCUT2D eigenvalue weighted by Gasteiger charge is 1.99. The topological polar surface area (TPSA) is 53.9 Å². The molecule has 0 amide bonds. The fourth-order valence-electron chi connectivity index (χ4n) is 1.15. The van der Waals surface area contributed by atoms with Crippen molar-refractivity contribution in [2.45, 2.75) is 13.1 Å². The molecule has 0 radical (unpaired) electrons. The van der Waals surface area contributed by atoms with Gasteiger partial charge >= 0.3 is 0 Å². The number of H-pyrrole nitrogens is 1. The molecule has 0 aliphatic rings. The van der Waals surface area contributed by atoms with Crippen molar-refractivity contribution in [2.24, 2.45) is 0 Å². The van der Waals surface area contributed by atoms with Gasteiger partial charge in [-0.1, -0.05) is 0 Å². The number of rotatable bonds is 4. The first-order chi connectivity index (χ1) is 6.84. The summed E-state index contributed by atoms with van der Waals surface area (Å²) in [5.41, 5.74) is 1.04. The Morgan fingerprint density at radius 2 is 2.36 bits per heavy atom. The zero-order valence-corrected chi connectivity index (χ0v) is 8.21. The molecule has 0 aliphatic carbocycles. The first-order valence-corrected chi connectivity index (χ1v) is 4.64. The lowest BCUT2D eigenvalue weighted by Crippen LogP contribution is -2.12. The monoisotopic (exact) mass is 211 g/mol. The quantitative estimate of drug-likeness (QED) is 0.813. The number of hydrogen-bond donors (Lipinski definition) is 2. The van der Waals surface area contributed by atoms with E-state index in [2.05, 4.69) is 15.3 Å². The van der Waals surface area contributed by atoms with Gasteiger partial charge in [-0.25, -0.2) is 4.98 Å². The lowest BCUT2D eigenvalue weighted by molar-refractivity contribution is 0.483. The molecule has 0 atom stereocenters. The number of halogens is 1. The number of furan rings is 1. The maximum absolute atomic E-state index is 5.63. The maximum atomic E-state index is 5.63. The minimum atomic E-state index is 0.420. The predicted molar refractivity (Wildman–Crippen MR) is 52.8 cm³/mol. The number of aromatic nitrogens is 2. The Balaban J connectivity index is 1.78. The molecule has 0 unspecified atom stereocenters.